The monoisotopic (exact) mass is 414 g/mol. The molecule has 2 aromatic carbocycles. The van der Waals surface area contributed by atoms with Gasteiger partial charge in [-0.3, -0.25) is 9.69 Å². The molecule has 1 unspecified atom stereocenters. The van der Waals surface area contributed by atoms with Crippen LogP contribution >= 0.6 is 11.8 Å². The van der Waals surface area contributed by atoms with Crippen LogP contribution in [0.2, 0.25) is 0 Å². The maximum Gasteiger partial charge on any atom is 0.266 e. The molecule has 0 radical (unpaired) electrons. The van der Waals surface area contributed by atoms with E-state index in [0.717, 1.165) is 5.75 Å². The van der Waals surface area contributed by atoms with Crippen LogP contribution in [0.25, 0.3) is 0 Å². The molecule has 1 saturated heterocycles. The van der Waals surface area contributed by atoms with E-state index in [2.05, 4.69) is 0 Å². The highest BCUT2D eigenvalue weighted by Crippen LogP contribution is 2.32. The van der Waals surface area contributed by atoms with Gasteiger partial charge < -0.3 is 14.2 Å². The number of amides is 1. The second-order valence-electron chi connectivity index (χ2n) is 6.39. The maximum atomic E-state index is 12.9. The number of rotatable bonds is 8. The highest BCUT2D eigenvalue weighted by atomic mass is 32.2. The number of nitrogens with zero attached hydrogens (tertiary/aromatic N) is 2. The summed E-state index contributed by atoms with van der Waals surface area (Å²) in [5.74, 6) is 2.55. The van der Waals surface area contributed by atoms with E-state index in [0.29, 0.717) is 41.3 Å². The number of carbonyl (C=O) groups excluding carboxylic acids is 1. The first-order chi connectivity index (χ1) is 14.1. The molecule has 0 saturated carbocycles. The Morgan fingerprint density at radius 2 is 1.59 bits per heavy atom. The third kappa shape index (κ3) is 5.23. The lowest BCUT2D eigenvalue weighted by molar-refractivity contribution is -0.130. The number of hydrogen-bond acceptors (Lipinski definition) is 6. The minimum atomic E-state index is -0.138. The fourth-order valence-corrected chi connectivity index (χ4v) is 4.07. The van der Waals surface area contributed by atoms with Crippen LogP contribution in [0.4, 0.5) is 5.69 Å². The van der Waals surface area contributed by atoms with Gasteiger partial charge in [0.05, 0.1) is 13.2 Å². The van der Waals surface area contributed by atoms with E-state index in [4.69, 9.17) is 19.2 Å². The molecule has 2 aromatic rings. The minimum absolute atomic E-state index is 0.0382. The van der Waals surface area contributed by atoms with Crippen molar-refractivity contribution in [2.75, 3.05) is 25.6 Å². The topological polar surface area (TPSA) is 60.4 Å². The van der Waals surface area contributed by atoms with Gasteiger partial charge >= 0.3 is 0 Å². The standard InChI is InChI=1S/C22H26N2O4S/c1-4-26-18-11-7-6-10-17(18)23-22-24(16(3)15-29-22)21(25)14-28-20-13-9-8-12-19(20)27-5-2/h6-13,16H,4-5,14-15H2,1-3H3. The van der Waals surface area contributed by atoms with Gasteiger partial charge in [0.2, 0.25) is 0 Å². The maximum absolute atomic E-state index is 12.9. The number of carbonyl (C=O) groups is 1. The Kier molecular flexibility index (Phi) is 7.41. The molecule has 0 N–H and O–H groups in total. The van der Waals surface area contributed by atoms with Gasteiger partial charge in [0.1, 0.15) is 11.4 Å². The Bertz CT molecular complexity index is 871. The number of hydrogen-bond donors (Lipinski definition) is 0. The van der Waals surface area contributed by atoms with Gasteiger partial charge in [-0.05, 0) is 45.0 Å². The number of thioether (sulfide) groups is 1. The molecule has 1 atom stereocenters. The molecular weight excluding hydrogens is 388 g/mol. The molecular formula is C22H26N2O4S. The zero-order chi connectivity index (χ0) is 20.6. The SMILES string of the molecule is CCOc1ccccc1N=C1SCC(C)N1C(=O)COc1ccccc1OCC. The van der Waals surface area contributed by atoms with E-state index in [1.54, 1.807) is 22.7 Å². The van der Waals surface area contributed by atoms with E-state index in [-0.39, 0.29) is 18.6 Å². The van der Waals surface area contributed by atoms with Crippen LogP contribution in [-0.2, 0) is 4.79 Å². The highest BCUT2D eigenvalue weighted by Gasteiger charge is 2.32. The number of aliphatic imine (C=N–C) groups is 1. The van der Waals surface area contributed by atoms with E-state index in [1.165, 1.54) is 0 Å². The van der Waals surface area contributed by atoms with Crippen molar-refractivity contribution in [2.45, 2.75) is 26.8 Å². The lowest BCUT2D eigenvalue weighted by Crippen LogP contribution is -2.40. The van der Waals surface area contributed by atoms with Crippen molar-refractivity contribution in [1.82, 2.24) is 4.90 Å². The summed E-state index contributed by atoms with van der Waals surface area (Å²) in [6.45, 7) is 6.86. The molecule has 1 heterocycles. The summed E-state index contributed by atoms with van der Waals surface area (Å²) in [4.78, 5) is 19.4. The van der Waals surface area contributed by atoms with E-state index in [1.807, 2.05) is 63.2 Å². The molecule has 0 aliphatic carbocycles. The fraction of sp³-hybridized carbons (Fsp3) is 0.364. The highest BCUT2D eigenvalue weighted by molar-refractivity contribution is 8.14. The van der Waals surface area contributed by atoms with Crippen LogP contribution in [0.1, 0.15) is 20.8 Å². The molecule has 0 bridgehead atoms. The first-order valence-corrected chi connectivity index (χ1v) is 10.7. The fourth-order valence-electron chi connectivity index (χ4n) is 2.95. The summed E-state index contributed by atoms with van der Waals surface area (Å²) in [7, 11) is 0. The molecule has 0 spiro atoms. The summed E-state index contributed by atoms with van der Waals surface area (Å²) < 4.78 is 17.0. The van der Waals surface area contributed by atoms with Gasteiger partial charge in [-0.15, -0.1) is 0 Å². The van der Waals surface area contributed by atoms with Crippen LogP contribution in [0.3, 0.4) is 0 Å². The largest absolute Gasteiger partial charge is 0.492 e. The van der Waals surface area contributed by atoms with Crippen LogP contribution in [0.15, 0.2) is 53.5 Å². The van der Waals surface area contributed by atoms with Gasteiger partial charge in [0, 0.05) is 11.8 Å². The molecule has 1 amide bonds. The molecule has 7 heteroatoms. The molecule has 0 aromatic heterocycles. The van der Waals surface area contributed by atoms with Crippen molar-refractivity contribution in [3.63, 3.8) is 0 Å². The van der Waals surface area contributed by atoms with Crippen LogP contribution < -0.4 is 14.2 Å². The second kappa shape index (κ2) is 10.2. The summed E-state index contributed by atoms with van der Waals surface area (Å²) >= 11 is 1.56. The molecule has 1 aliphatic rings. The van der Waals surface area contributed by atoms with Crippen LogP contribution in [0.5, 0.6) is 17.2 Å². The van der Waals surface area contributed by atoms with E-state index >= 15 is 0 Å². The van der Waals surface area contributed by atoms with Gasteiger partial charge in [-0.2, -0.15) is 0 Å². The minimum Gasteiger partial charge on any atom is -0.492 e. The average Bonchev–Trinajstić information content (AvgIpc) is 3.09. The zero-order valence-corrected chi connectivity index (χ0v) is 17.8. The molecule has 154 valence electrons. The average molecular weight is 415 g/mol. The Balaban J connectivity index is 1.75. The van der Waals surface area contributed by atoms with Gasteiger partial charge in [-0.1, -0.05) is 36.0 Å². The third-order valence-corrected chi connectivity index (χ3v) is 5.45. The second-order valence-corrected chi connectivity index (χ2v) is 7.37. The lowest BCUT2D eigenvalue weighted by Gasteiger charge is -2.21. The Morgan fingerprint density at radius 1 is 1.00 bits per heavy atom. The Labute approximate surface area is 175 Å². The third-order valence-electron chi connectivity index (χ3n) is 4.25. The van der Waals surface area contributed by atoms with Crippen molar-refractivity contribution in [3.05, 3.63) is 48.5 Å². The summed E-state index contributed by atoms with van der Waals surface area (Å²) in [5.41, 5.74) is 0.714. The van der Waals surface area contributed by atoms with Crippen molar-refractivity contribution >= 4 is 28.5 Å². The van der Waals surface area contributed by atoms with Crippen molar-refractivity contribution in [3.8, 4) is 17.2 Å². The Hall–Kier alpha value is -2.67. The zero-order valence-electron chi connectivity index (χ0n) is 17.0. The molecule has 1 fully saturated rings. The number of ether oxygens (including phenoxy) is 3. The Morgan fingerprint density at radius 3 is 2.28 bits per heavy atom. The van der Waals surface area contributed by atoms with Crippen molar-refractivity contribution in [2.24, 2.45) is 4.99 Å². The predicted molar refractivity (Wildman–Crippen MR) is 117 cm³/mol. The first-order valence-electron chi connectivity index (χ1n) is 9.74. The normalized spacial score (nSPS) is 17.4. The molecule has 29 heavy (non-hydrogen) atoms. The van der Waals surface area contributed by atoms with Crippen molar-refractivity contribution in [1.29, 1.82) is 0 Å². The smallest absolute Gasteiger partial charge is 0.266 e. The lowest BCUT2D eigenvalue weighted by atomic mass is 10.3. The van der Waals surface area contributed by atoms with Gasteiger partial charge in [-0.25, -0.2) is 4.99 Å². The van der Waals surface area contributed by atoms with E-state index < -0.39 is 0 Å². The van der Waals surface area contributed by atoms with Crippen molar-refractivity contribution < 1.29 is 19.0 Å². The predicted octanol–water partition coefficient (Wildman–Crippen LogP) is 4.51. The number of amidine groups is 1. The molecule has 3 rings (SSSR count). The van der Waals surface area contributed by atoms with E-state index in [9.17, 15) is 4.79 Å². The number of benzene rings is 2. The number of para-hydroxylation sites is 4. The molecule has 6 nitrogen and oxygen atoms in total. The summed E-state index contributed by atoms with van der Waals surface area (Å²) in [6.07, 6.45) is 0. The summed E-state index contributed by atoms with van der Waals surface area (Å²) in [6, 6.07) is 15.0. The quantitative estimate of drug-likeness (QED) is 0.636. The summed E-state index contributed by atoms with van der Waals surface area (Å²) in [5, 5.41) is 0.663. The van der Waals surface area contributed by atoms with Crippen LogP contribution in [0, 0.1) is 0 Å². The van der Waals surface area contributed by atoms with Crippen LogP contribution in [-0.4, -0.2) is 47.6 Å². The first kappa shape index (κ1) is 21.0. The van der Waals surface area contributed by atoms with Gasteiger partial charge in [0.25, 0.3) is 5.91 Å². The molecule has 1 aliphatic heterocycles. The van der Waals surface area contributed by atoms with Gasteiger partial charge in [0.15, 0.2) is 23.3 Å².